The lowest BCUT2D eigenvalue weighted by molar-refractivity contribution is 0.0507. The predicted octanol–water partition coefficient (Wildman–Crippen LogP) is 3.74. The smallest absolute Gasteiger partial charge is 0.408 e. The van der Waals surface area contributed by atoms with Gasteiger partial charge in [0.25, 0.3) is 0 Å². The van der Waals surface area contributed by atoms with Crippen molar-refractivity contribution in [2.75, 3.05) is 0 Å². The molecule has 5 heteroatoms. The third kappa shape index (κ3) is 4.56. The van der Waals surface area contributed by atoms with Crippen LogP contribution in [-0.4, -0.2) is 16.8 Å². The fourth-order valence-corrected chi connectivity index (χ4v) is 1.81. The Kier molecular flexibility index (Phi) is 4.62. The second-order valence-electron chi connectivity index (χ2n) is 5.07. The van der Waals surface area contributed by atoms with Crippen LogP contribution in [0.15, 0.2) is 22.7 Å². The molecule has 4 nitrogen and oxygen atoms in total. The number of alkyl carbamates (subject to hydrolysis) is 1. The van der Waals surface area contributed by atoms with Gasteiger partial charge in [-0.15, -0.1) is 0 Å². The van der Waals surface area contributed by atoms with Gasteiger partial charge in [-0.3, -0.25) is 0 Å². The standard InChI is InChI=1S/C13H18BrNO3/c1-8(15-12(17)18-13(2,3)4)10-7-9(14)5-6-11(10)16/h5-8,16H,1-4H3,(H,15,17)/t8-/m0/s1. The first-order valence-corrected chi connectivity index (χ1v) is 6.46. The summed E-state index contributed by atoms with van der Waals surface area (Å²) in [7, 11) is 0. The Morgan fingerprint density at radius 3 is 2.61 bits per heavy atom. The molecule has 2 N–H and O–H groups in total. The average molecular weight is 316 g/mol. The van der Waals surface area contributed by atoms with Gasteiger partial charge in [-0.2, -0.15) is 0 Å². The summed E-state index contributed by atoms with van der Waals surface area (Å²) in [4.78, 5) is 11.6. The number of hydrogen-bond acceptors (Lipinski definition) is 3. The number of hydrogen-bond donors (Lipinski definition) is 2. The zero-order valence-corrected chi connectivity index (χ0v) is 12.5. The van der Waals surface area contributed by atoms with Crippen molar-refractivity contribution < 1.29 is 14.6 Å². The Morgan fingerprint density at radius 2 is 2.06 bits per heavy atom. The van der Waals surface area contributed by atoms with E-state index < -0.39 is 11.7 Å². The lowest BCUT2D eigenvalue weighted by Gasteiger charge is -2.22. The van der Waals surface area contributed by atoms with Crippen LogP contribution in [0.2, 0.25) is 0 Å². The van der Waals surface area contributed by atoms with Crippen LogP contribution in [0, 0.1) is 0 Å². The molecular weight excluding hydrogens is 298 g/mol. The minimum Gasteiger partial charge on any atom is -0.508 e. The highest BCUT2D eigenvalue weighted by atomic mass is 79.9. The van der Waals surface area contributed by atoms with Gasteiger partial charge in [0.15, 0.2) is 0 Å². The molecule has 1 amide bonds. The quantitative estimate of drug-likeness (QED) is 0.874. The van der Waals surface area contributed by atoms with Gasteiger partial charge in [-0.25, -0.2) is 4.79 Å². The first-order chi connectivity index (χ1) is 8.19. The molecule has 0 unspecified atom stereocenters. The maximum absolute atomic E-state index is 11.6. The molecule has 0 saturated heterocycles. The number of carbonyl (C=O) groups excluding carboxylic acids is 1. The van der Waals surface area contributed by atoms with Crippen molar-refractivity contribution in [3.63, 3.8) is 0 Å². The fraction of sp³-hybridized carbons (Fsp3) is 0.462. The van der Waals surface area contributed by atoms with Crippen molar-refractivity contribution in [1.82, 2.24) is 5.32 Å². The minimum absolute atomic E-state index is 0.141. The minimum atomic E-state index is -0.539. The molecule has 0 radical (unpaired) electrons. The van der Waals surface area contributed by atoms with E-state index in [4.69, 9.17) is 4.74 Å². The van der Waals surface area contributed by atoms with Crippen molar-refractivity contribution in [2.45, 2.75) is 39.3 Å². The van der Waals surface area contributed by atoms with E-state index in [2.05, 4.69) is 21.2 Å². The highest BCUT2D eigenvalue weighted by Crippen LogP contribution is 2.27. The van der Waals surface area contributed by atoms with Gasteiger partial charge in [0.2, 0.25) is 0 Å². The summed E-state index contributed by atoms with van der Waals surface area (Å²) in [6.07, 6.45) is -0.505. The van der Waals surface area contributed by atoms with Crippen molar-refractivity contribution in [3.05, 3.63) is 28.2 Å². The second-order valence-corrected chi connectivity index (χ2v) is 5.99. The normalized spacial score (nSPS) is 12.9. The van der Waals surface area contributed by atoms with E-state index in [9.17, 15) is 9.90 Å². The van der Waals surface area contributed by atoms with Gasteiger partial charge < -0.3 is 15.2 Å². The molecule has 0 spiro atoms. The molecule has 0 aliphatic rings. The molecule has 0 heterocycles. The summed E-state index contributed by atoms with van der Waals surface area (Å²) in [6, 6.07) is 4.74. The number of ether oxygens (including phenoxy) is 1. The third-order valence-electron chi connectivity index (χ3n) is 2.19. The molecule has 1 atom stereocenters. The second kappa shape index (κ2) is 5.61. The van der Waals surface area contributed by atoms with E-state index >= 15 is 0 Å². The molecule has 0 saturated carbocycles. The number of nitrogens with one attached hydrogen (secondary N) is 1. The van der Waals surface area contributed by atoms with E-state index in [1.807, 2.05) is 0 Å². The van der Waals surface area contributed by atoms with E-state index in [1.54, 1.807) is 45.9 Å². The molecule has 0 bridgehead atoms. The lowest BCUT2D eigenvalue weighted by atomic mass is 10.1. The van der Waals surface area contributed by atoms with Crippen LogP contribution in [-0.2, 0) is 4.74 Å². The Labute approximate surface area is 115 Å². The lowest BCUT2D eigenvalue weighted by Crippen LogP contribution is -2.34. The summed E-state index contributed by atoms with van der Waals surface area (Å²) < 4.78 is 6.00. The molecular formula is C13H18BrNO3. The summed E-state index contributed by atoms with van der Waals surface area (Å²) in [5.74, 6) is 0.141. The zero-order valence-electron chi connectivity index (χ0n) is 11.0. The van der Waals surface area contributed by atoms with Gasteiger partial charge in [0, 0.05) is 10.0 Å². The summed E-state index contributed by atoms with van der Waals surface area (Å²) in [5.41, 5.74) is 0.0959. The highest BCUT2D eigenvalue weighted by Gasteiger charge is 2.19. The summed E-state index contributed by atoms with van der Waals surface area (Å²) in [6.45, 7) is 7.18. The van der Waals surface area contributed by atoms with Gasteiger partial charge in [0.1, 0.15) is 11.4 Å². The van der Waals surface area contributed by atoms with Gasteiger partial charge in [-0.05, 0) is 45.9 Å². The number of halogens is 1. The van der Waals surface area contributed by atoms with Gasteiger partial charge >= 0.3 is 6.09 Å². The van der Waals surface area contributed by atoms with Crippen molar-refractivity contribution in [1.29, 1.82) is 0 Å². The van der Waals surface area contributed by atoms with Crippen LogP contribution < -0.4 is 5.32 Å². The average Bonchev–Trinajstić information content (AvgIpc) is 2.18. The van der Waals surface area contributed by atoms with Crippen molar-refractivity contribution >= 4 is 22.0 Å². The number of carbonyl (C=O) groups is 1. The molecule has 1 aromatic carbocycles. The van der Waals surface area contributed by atoms with E-state index in [1.165, 1.54) is 0 Å². The number of phenols is 1. The SMILES string of the molecule is C[C@H](NC(=O)OC(C)(C)C)c1cc(Br)ccc1O. The molecule has 0 fully saturated rings. The largest absolute Gasteiger partial charge is 0.508 e. The maximum atomic E-state index is 11.6. The zero-order chi connectivity index (χ0) is 13.9. The monoisotopic (exact) mass is 315 g/mol. The molecule has 18 heavy (non-hydrogen) atoms. The fourth-order valence-electron chi connectivity index (χ4n) is 1.43. The number of aromatic hydroxyl groups is 1. The molecule has 0 aliphatic heterocycles. The molecule has 100 valence electrons. The van der Waals surface area contributed by atoms with Crippen LogP contribution in [0.1, 0.15) is 39.3 Å². The molecule has 1 rings (SSSR count). The topological polar surface area (TPSA) is 58.6 Å². The Morgan fingerprint density at radius 1 is 1.44 bits per heavy atom. The van der Waals surface area contributed by atoms with Crippen LogP contribution >= 0.6 is 15.9 Å². The Hall–Kier alpha value is -1.23. The number of phenolic OH excluding ortho intramolecular Hbond substituents is 1. The summed E-state index contributed by atoms with van der Waals surface area (Å²) in [5, 5.41) is 12.4. The molecule has 1 aromatic rings. The van der Waals surface area contributed by atoms with Crippen molar-refractivity contribution in [2.24, 2.45) is 0 Å². The van der Waals surface area contributed by atoms with Gasteiger partial charge in [0.05, 0.1) is 6.04 Å². The van der Waals surface area contributed by atoms with Crippen LogP contribution in [0.3, 0.4) is 0 Å². The van der Waals surface area contributed by atoms with E-state index in [0.717, 1.165) is 4.47 Å². The predicted molar refractivity (Wildman–Crippen MR) is 73.6 cm³/mol. The Balaban J connectivity index is 2.73. The third-order valence-corrected chi connectivity index (χ3v) is 2.68. The Bertz CT molecular complexity index is 440. The van der Waals surface area contributed by atoms with Crippen molar-refractivity contribution in [3.8, 4) is 5.75 Å². The highest BCUT2D eigenvalue weighted by molar-refractivity contribution is 9.10. The van der Waals surface area contributed by atoms with Crippen LogP contribution in [0.5, 0.6) is 5.75 Å². The van der Waals surface area contributed by atoms with Crippen LogP contribution in [0.25, 0.3) is 0 Å². The van der Waals surface area contributed by atoms with Gasteiger partial charge in [-0.1, -0.05) is 15.9 Å². The van der Waals surface area contributed by atoms with E-state index in [0.29, 0.717) is 5.56 Å². The summed E-state index contributed by atoms with van der Waals surface area (Å²) >= 11 is 3.32. The molecule has 0 aliphatic carbocycles. The first-order valence-electron chi connectivity index (χ1n) is 5.67. The van der Waals surface area contributed by atoms with E-state index in [-0.39, 0.29) is 11.8 Å². The number of rotatable bonds is 2. The molecule has 0 aromatic heterocycles. The number of benzene rings is 1. The maximum Gasteiger partial charge on any atom is 0.408 e. The first kappa shape index (κ1) is 14.8. The van der Waals surface area contributed by atoms with Crippen LogP contribution in [0.4, 0.5) is 4.79 Å². The number of amides is 1.